The molecule has 0 spiro atoms. The average Bonchev–Trinajstić information content (AvgIpc) is 2.89. The van der Waals surface area contributed by atoms with Gasteiger partial charge in [-0.05, 0) is 37.0 Å². The zero-order chi connectivity index (χ0) is 15.9. The molecule has 1 amide bonds. The van der Waals surface area contributed by atoms with Crippen molar-refractivity contribution >= 4 is 17.5 Å². The van der Waals surface area contributed by atoms with E-state index in [4.69, 9.17) is 16.3 Å². The number of ether oxygens (including phenoxy) is 1. The largest absolute Gasteiger partial charge is 0.492 e. The van der Waals surface area contributed by atoms with Crippen LogP contribution in [0.4, 0.5) is 0 Å². The van der Waals surface area contributed by atoms with Crippen molar-refractivity contribution in [2.75, 3.05) is 32.9 Å². The lowest BCUT2D eigenvalue weighted by atomic mass is 10.0. The summed E-state index contributed by atoms with van der Waals surface area (Å²) in [5.74, 6) is 0.903. The van der Waals surface area contributed by atoms with Crippen molar-refractivity contribution < 1.29 is 19.7 Å². The van der Waals surface area contributed by atoms with Crippen LogP contribution in [-0.4, -0.2) is 53.9 Å². The molecule has 2 aliphatic rings. The van der Waals surface area contributed by atoms with Gasteiger partial charge in [0.1, 0.15) is 5.75 Å². The van der Waals surface area contributed by atoms with Gasteiger partial charge in [-0.25, -0.2) is 0 Å². The molecule has 1 heterocycles. The van der Waals surface area contributed by atoms with E-state index in [2.05, 4.69) is 0 Å². The Kier molecular flexibility index (Phi) is 4.05. The fraction of sp³-hybridized carbons (Fsp3) is 0.562. The number of hydrogen-bond donors (Lipinski definition) is 2. The first-order chi connectivity index (χ1) is 10.6. The quantitative estimate of drug-likeness (QED) is 0.859. The van der Waals surface area contributed by atoms with E-state index < -0.39 is 0 Å². The lowest BCUT2D eigenvalue weighted by Gasteiger charge is -2.24. The summed E-state index contributed by atoms with van der Waals surface area (Å²) in [5, 5.41) is 19.3. The van der Waals surface area contributed by atoms with Crippen LogP contribution in [0.25, 0.3) is 0 Å². The number of nitrogens with zero attached hydrogens (tertiary/aromatic N) is 1. The number of carbonyl (C=O) groups is 1. The van der Waals surface area contributed by atoms with Gasteiger partial charge in [-0.3, -0.25) is 4.79 Å². The summed E-state index contributed by atoms with van der Waals surface area (Å²) in [6.45, 7) is 3.52. The summed E-state index contributed by atoms with van der Waals surface area (Å²) in [4.78, 5) is 14.3. The molecule has 1 saturated heterocycles. The van der Waals surface area contributed by atoms with Crippen molar-refractivity contribution in [3.05, 3.63) is 28.8 Å². The first-order valence-electron chi connectivity index (χ1n) is 7.50. The van der Waals surface area contributed by atoms with Crippen LogP contribution < -0.4 is 4.74 Å². The molecule has 2 fully saturated rings. The maximum absolute atomic E-state index is 12.5. The van der Waals surface area contributed by atoms with Crippen molar-refractivity contribution in [2.45, 2.75) is 6.92 Å². The first kappa shape index (κ1) is 15.6. The van der Waals surface area contributed by atoms with Crippen LogP contribution in [0.1, 0.15) is 17.3 Å². The molecule has 120 valence electrons. The summed E-state index contributed by atoms with van der Waals surface area (Å²) < 4.78 is 5.36. The van der Waals surface area contributed by atoms with Crippen molar-refractivity contribution in [3.63, 3.8) is 0 Å². The lowest BCUT2D eigenvalue weighted by Crippen LogP contribution is -2.36. The summed E-state index contributed by atoms with van der Waals surface area (Å²) in [6.07, 6.45) is 0. The van der Waals surface area contributed by atoms with Gasteiger partial charge >= 0.3 is 0 Å². The molecule has 6 heteroatoms. The summed E-state index contributed by atoms with van der Waals surface area (Å²) >= 11 is 6.12. The van der Waals surface area contributed by atoms with Crippen molar-refractivity contribution in [2.24, 2.45) is 17.3 Å². The van der Waals surface area contributed by atoms with Gasteiger partial charge in [-0.1, -0.05) is 11.6 Å². The second kappa shape index (κ2) is 5.72. The van der Waals surface area contributed by atoms with Gasteiger partial charge in [0, 0.05) is 24.1 Å². The predicted octanol–water partition coefficient (Wildman–Crippen LogP) is 1.41. The topological polar surface area (TPSA) is 70.0 Å². The van der Waals surface area contributed by atoms with Crippen LogP contribution in [0.15, 0.2) is 18.2 Å². The average molecular weight is 326 g/mol. The highest BCUT2D eigenvalue weighted by Crippen LogP contribution is 2.62. The van der Waals surface area contributed by atoms with E-state index in [0.717, 1.165) is 0 Å². The third-order valence-electron chi connectivity index (χ3n) is 5.04. The van der Waals surface area contributed by atoms with Crippen LogP contribution in [0.2, 0.25) is 5.02 Å². The highest BCUT2D eigenvalue weighted by Gasteiger charge is 2.68. The van der Waals surface area contributed by atoms with Gasteiger partial charge in [-0.2, -0.15) is 0 Å². The number of fused-ring (bicyclic) bond motifs is 1. The molecule has 1 aliphatic carbocycles. The molecule has 1 aromatic carbocycles. The molecule has 0 bridgehead atoms. The van der Waals surface area contributed by atoms with E-state index >= 15 is 0 Å². The third kappa shape index (κ3) is 2.28. The molecule has 3 rings (SSSR count). The van der Waals surface area contributed by atoms with E-state index in [1.165, 1.54) is 0 Å². The van der Waals surface area contributed by atoms with Gasteiger partial charge in [0.05, 0.1) is 24.8 Å². The molecule has 22 heavy (non-hydrogen) atoms. The van der Waals surface area contributed by atoms with Gasteiger partial charge < -0.3 is 19.8 Å². The fourth-order valence-corrected chi connectivity index (χ4v) is 3.85. The number of aliphatic hydroxyl groups is 2. The number of likely N-dealkylation sites (tertiary alicyclic amines) is 1. The molecule has 2 N–H and O–H groups in total. The van der Waals surface area contributed by atoms with E-state index in [1.807, 2.05) is 6.92 Å². The Morgan fingerprint density at radius 2 is 2.00 bits per heavy atom. The number of hydrogen-bond acceptors (Lipinski definition) is 4. The standard InChI is InChI=1S/C16H20ClNO4/c1-2-22-14-4-3-10(5-13(14)17)15(21)18-6-11-12(7-18)16(11,8-19)9-20/h3-5,11-12,19-20H,2,6-9H2,1H3. The van der Waals surface area contributed by atoms with Gasteiger partial charge in [0.2, 0.25) is 0 Å². The van der Waals surface area contributed by atoms with Crippen molar-refractivity contribution in [1.82, 2.24) is 4.90 Å². The number of piperidine rings is 1. The molecule has 2 atom stereocenters. The number of benzene rings is 1. The molecular formula is C16H20ClNO4. The number of carbonyl (C=O) groups excluding carboxylic acids is 1. The maximum Gasteiger partial charge on any atom is 0.253 e. The van der Waals surface area contributed by atoms with E-state index in [9.17, 15) is 15.0 Å². The Morgan fingerprint density at radius 3 is 2.50 bits per heavy atom. The highest BCUT2D eigenvalue weighted by molar-refractivity contribution is 6.32. The van der Waals surface area contributed by atoms with Crippen LogP contribution in [0, 0.1) is 17.3 Å². The highest BCUT2D eigenvalue weighted by atomic mass is 35.5. The van der Waals surface area contributed by atoms with E-state index in [1.54, 1.807) is 23.1 Å². The second-order valence-corrected chi connectivity index (χ2v) is 6.46. The van der Waals surface area contributed by atoms with Gasteiger partial charge in [-0.15, -0.1) is 0 Å². The molecule has 1 aromatic rings. The minimum absolute atomic E-state index is 0.0181. The smallest absolute Gasteiger partial charge is 0.253 e. The molecule has 2 unspecified atom stereocenters. The van der Waals surface area contributed by atoms with Gasteiger partial charge in [0.15, 0.2) is 0 Å². The Morgan fingerprint density at radius 1 is 1.36 bits per heavy atom. The molecule has 0 aromatic heterocycles. The van der Waals surface area contributed by atoms with Crippen LogP contribution in [0.3, 0.4) is 0 Å². The Hall–Kier alpha value is -1.30. The summed E-state index contributed by atoms with van der Waals surface area (Å²) in [5.41, 5.74) is 0.154. The Balaban J connectivity index is 1.68. The molecule has 1 saturated carbocycles. The molecular weight excluding hydrogens is 306 g/mol. The van der Waals surface area contributed by atoms with E-state index in [0.29, 0.717) is 36.0 Å². The van der Waals surface area contributed by atoms with Crippen LogP contribution in [-0.2, 0) is 0 Å². The lowest BCUT2D eigenvalue weighted by molar-refractivity contribution is 0.0637. The molecule has 5 nitrogen and oxygen atoms in total. The zero-order valence-corrected chi connectivity index (χ0v) is 13.2. The Labute approximate surface area is 134 Å². The maximum atomic E-state index is 12.5. The minimum atomic E-state index is -0.382. The summed E-state index contributed by atoms with van der Waals surface area (Å²) in [6, 6.07) is 5.06. The summed E-state index contributed by atoms with van der Waals surface area (Å²) in [7, 11) is 0. The normalized spacial score (nSPS) is 25.0. The van der Waals surface area contributed by atoms with Crippen LogP contribution >= 0.6 is 11.6 Å². The van der Waals surface area contributed by atoms with Crippen LogP contribution in [0.5, 0.6) is 5.75 Å². The number of rotatable bonds is 5. The minimum Gasteiger partial charge on any atom is -0.492 e. The zero-order valence-electron chi connectivity index (χ0n) is 12.5. The Bertz CT molecular complexity index is 574. The molecule has 1 aliphatic heterocycles. The predicted molar refractivity (Wildman–Crippen MR) is 82.1 cm³/mol. The van der Waals surface area contributed by atoms with Crippen molar-refractivity contribution in [1.29, 1.82) is 0 Å². The third-order valence-corrected chi connectivity index (χ3v) is 5.34. The second-order valence-electron chi connectivity index (χ2n) is 6.05. The van der Waals surface area contributed by atoms with E-state index in [-0.39, 0.29) is 36.4 Å². The SMILES string of the molecule is CCOc1ccc(C(=O)N2CC3C(C2)C3(CO)CO)cc1Cl. The van der Waals surface area contributed by atoms with Crippen molar-refractivity contribution in [3.8, 4) is 5.75 Å². The number of halogens is 1. The number of amides is 1. The fourth-order valence-electron chi connectivity index (χ4n) is 3.61. The monoisotopic (exact) mass is 325 g/mol. The first-order valence-corrected chi connectivity index (χ1v) is 7.88. The van der Waals surface area contributed by atoms with Gasteiger partial charge in [0.25, 0.3) is 5.91 Å². The number of aliphatic hydroxyl groups excluding tert-OH is 2. The molecule has 0 radical (unpaired) electrons.